The molecule has 0 atom stereocenters. The lowest BCUT2D eigenvalue weighted by Gasteiger charge is -2.29. The third-order valence-electron chi connectivity index (χ3n) is 8.60. The molecule has 0 unspecified atom stereocenters. The molecule has 1 amide bonds. The molecule has 2 aliphatic heterocycles. The Labute approximate surface area is 295 Å². The summed E-state index contributed by atoms with van der Waals surface area (Å²) in [5, 5.41) is 17.8. The zero-order valence-electron chi connectivity index (χ0n) is 28.7. The van der Waals surface area contributed by atoms with E-state index in [4.69, 9.17) is 19.4 Å². The topological polar surface area (TPSA) is 136 Å². The molecule has 4 N–H and O–H groups in total. The molecule has 7 rings (SSSR count). The van der Waals surface area contributed by atoms with Crippen LogP contribution in [0.25, 0.3) is 22.3 Å². The summed E-state index contributed by atoms with van der Waals surface area (Å²) in [5.41, 5.74) is 5.32. The maximum Gasteiger partial charge on any atom is 0.248 e. The van der Waals surface area contributed by atoms with Crippen molar-refractivity contribution in [2.24, 2.45) is 0 Å². The number of morpholine rings is 2. The average molecular weight is 693 g/mol. The van der Waals surface area contributed by atoms with Crippen LogP contribution in [0.5, 0.6) is 0 Å². The van der Waals surface area contributed by atoms with Crippen LogP contribution in [0.15, 0.2) is 78.9 Å². The quantitative estimate of drug-likeness (QED) is 0.133. The van der Waals surface area contributed by atoms with E-state index in [1.54, 1.807) is 12.1 Å². The Morgan fingerprint density at radius 2 is 1.61 bits per heavy atom. The van der Waals surface area contributed by atoms with Crippen molar-refractivity contribution in [2.45, 2.75) is 0 Å². The van der Waals surface area contributed by atoms with Gasteiger partial charge in [-0.3, -0.25) is 9.89 Å². The van der Waals surface area contributed by atoms with Crippen LogP contribution in [0.4, 0.5) is 44.6 Å². The van der Waals surface area contributed by atoms with Gasteiger partial charge in [0.05, 0.1) is 43.2 Å². The molecule has 2 aromatic heterocycles. The Kier molecular flexibility index (Phi) is 10.3. The number of nitrogens with zero attached hydrogens (tertiary/aromatic N) is 6. The highest BCUT2D eigenvalue weighted by molar-refractivity contribution is 6.02. The maximum absolute atomic E-state index is 15.4. The van der Waals surface area contributed by atoms with Gasteiger partial charge in [-0.05, 0) is 62.6 Å². The summed E-state index contributed by atoms with van der Waals surface area (Å²) in [6, 6.07) is 20.6. The molecule has 0 spiro atoms. The fraction of sp³-hybridized carbons (Fsp3) is 0.297. The lowest BCUT2D eigenvalue weighted by Crippen LogP contribution is -2.36. The lowest BCUT2D eigenvalue weighted by atomic mass is 10.1. The Morgan fingerprint density at radius 1 is 0.882 bits per heavy atom. The number of fused-ring (bicyclic) bond motifs is 1. The first-order valence-corrected chi connectivity index (χ1v) is 17.0. The van der Waals surface area contributed by atoms with Crippen molar-refractivity contribution in [1.82, 2.24) is 25.1 Å². The molecule has 0 radical (unpaired) electrons. The highest BCUT2D eigenvalue weighted by Crippen LogP contribution is 2.35. The van der Waals surface area contributed by atoms with E-state index in [-0.39, 0.29) is 11.7 Å². The predicted octanol–water partition coefficient (Wildman–Crippen LogP) is 5.38. The molecule has 0 saturated carbocycles. The standard InChI is InChI=1S/C37H41FN10O3/c1-46(2)13-5-10-32(49)39-26-7-3-6-25(22-26)34-33-35(40-28-11-12-31(30(38)24-28)48-16-20-51-21-17-48)44-45-36(33)43-37(42-34)41-27-8-4-9-29(23-27)47-14-18-50-19-15-47/h3-12,22-24H,13-21H2,1-2H3,(H,39,49)(H3,40,41,42,43,44,45)/b10-5+. The molecule has 0 aliphatic carbocycles. The second-order valence-electron chi connectivity index (χ2n) is 12.6. The molecule has 264 valence electrons. The van der Waals surface area contributed by atoms with Crippen LogP contribution in [-0.2, 0) is 14.3 Å². The highest BCUT2D eigenvalue weighted by Gasteiger charge is 2.20. The molecule has 5 aromatic rings. The van der Waals surface area contributed by atoms with Crippen LogP contribution in [0.1, 0.15) is 0 Å². The molecule has 3 aromatic carbocycles. The van der Waals surface area contributed by atoms with E-state index in [1.807, 2.05) is 66.4 Å². The minimum absolute atomic E-state index is 0.238. The first-order chi connectivity index (χ1) is 24.9. The van der Waals surface area contributed by atoms with E-state index in [1.165, 1.54) is 12.1 Å². The van der Waals surface area contributed by atoms with Gasteiger partial charge in [-0.15, -0.1) is 0 Å². The Hall–Kier alpha value is -5.57. The van der Waals surface area contributed by atoms with Crippen LogP contribution in [0, 0.1) is 5.82 Å². The lowest BCUT2D eigenvalue weighted by molar-refractivity contribution is -0.111. The van der Waals surface area contributed by atoms with Gasteiger partial charge in [-0.1, -0.05) is 24.3 Å². The number of amides is 1. The van der Waals surface area contributed by atoms with Crippen molar-refractivity contribution in [2.75, 3.05) is 99.0 Å². The summed E-state index contributed by atoms with van der Waals surface area (Å²) in [7, 11) is 3.88. The predicted molar refractivity (Wildman–Crippen MR) is 199 cm³/mol. The number of benzene rings is 3. The Bertz CT molecular complexity index is 2020. The van der Waals surface area contributed by atoms with Gasteiger partial charge in [-0.2, -0.15) is 10.1 Å². The molecule has 2 fully saturated rings. The number of carbonyl (C=O) groups is 1. The zero-order valence-corrected chi connectivity index (χ0v) is 28.7. The fourth-order valence-corrected chi connectivity index (χ4v) is 6.10. The fourth-order valence-electron chi connectivity index (χ4n) is 6.10. The smallest absolute Gasteiger partial charge is 0.248 e. The van der Waals surface area contributed by atoms with Crippen molar-refractivity contribution in [3.05, 3.63) is 84.7 Å². The van der Waals surface area contributed by atoms with Gasteiger partial charge in [0.2, 0.25) is 11.9 Å². The summed E-state index contributed by atoms with van der Waals surface area (Å²) in [5.74, 6) is 0.207. The number of anilines is 7. The van der Waals surface area contributed by atoms with Gasteiger partial charge in [0.1, 0.15) is 5.82 Å². The Morgan fingerprint density at radius 3 is 2.37 bits per heavy atom. The summed E-state index contributed by atoms with van der Waals surface area (Å²) in [6.07, 6.45) is 3.32. The minimum Gasteiger partial charge on any atom is -0.378 e. The molecule has 51 heavy (non-hydrogen) atoms. The van der Waals surface area contributed by atoms with Crippen LogP contribution < -0.4 is 25.8 Å². The molecule has 0 bridgehead atoms. The molecular weight excluding hydrogens is 651 g/mol. The number of H-pyrrole nitrogens is 1. The number of ether oxygens (including phenoxy) is 2. The van der Waals surface area contributed by atoms with Gasteiger partial charge in [0.25, 0.3) is 0 Å². The second-order valence-corrected chi connectivity index (χ2v) is 12.6. The summed E-state index contributed by atoms with van der Waals surface area (Å²) in [6.45, 7) is 6.05. The minimum atomic E-state index is -0.341. The van der Waals surface area contributed by atoms with Crippen LogP contribution >= 0.6 is 0 Å². The molecule has 2 saturated heterocycles. The van der Waals surface area contributed by atoms with E-state index in [0.29, 0.717) is 91.6 Å². The first-order valence-electron chi connectivity index (χ1n) is 17.0. The summed E-state index contributed by atoms with van der Waals surface area (Å²) in [4.78, 5) is 28.7. The summed E-state index contributed by atoms with van der Waals surface area (Å²) < 4.78 is 26.3. The monoisotopic (exact) mass is 692 g/mol. The highest BCUT2D eigenvalue weighted by atomic mass is 19.1. The van der Waals surface area contributed by atoms with Gasteiger partial charge >= 0.3 is 0 Å². The second kappa shape index (κ2) is 15.5. The number of nitrogens with one attached hydrogen (secondary N) is 4. The van der Waals surface area contributed by atoms with Crippen LogP contribution in [0.3, 0.4) is 0 Å². The number of hydrogen-bond acceptors (Lipinski definition) is 11. The summed E-state index contributed by atoms with van der Waals surface area (Å²) >= 11 is 0. The van der Waals surface area contributed by atoms with Gasteiger partial charge in [0.15, 0.2) is 11.5 Å². The molecule has 13 nitrogen and oxygen atoms in total. The van der Waals surface area contributed by atoms with Crippen molar-refractivity contribution in [3.8, 4) is 11.3 Å². The van der Waals surface area contributed by atoms with Gasteiger partial charge < -0.3 is 40.1 Å². The van der Waals surface area contributed by atoms with Gasteiger partial charge in [0, 0.05) is 67.1 Å². The third-order valence-corrected chi connectivity index (χ3v) is 8.60. The zero-order chi connectivity index (χ0) is 35.2. The average Bonchev–Trinajstić information content (AvgIpc) is 3.54. The third kappa shape index (κ3) is 8.26. The number of halogens is 1. The molecule has 14 heteroatoms. The van der Waals surface area contributed by atoms with Crippen molar-refractivity contribution in [1.29, 1.82) is 0 Å². The number of hydrogen-bond donors (Lipinski definition) is 4. The Balaban J connectivity index is 1.22. The number of carbonyl (C=O) groups excluding carboxylic acids is 1. The van der Waals surface area contributed by atoms with Gasteiger partial charge in [-0.25, -0.2) is 9.37 Å². The van der Waals surface area contributed by atoms with E-state index in [0.717, 1.165) is 30.0 Å². The first kappa shape index (κ1) is 33.9. The largest absolute Gasteiger partial charge is 0.378 e. The van der Waals surface area contributed by atoms with Crippen LogP contribution in [0.2, 0.25) is 0 Å². The SMILES string of the molecule is CN(C)C/C=C/C(=O)Nc1cccc(-c2nc(Nc3cccc(N4CCOCC4)c3)nc3[nH]nc(Nc4ccc(N5CCOCC5)c(F)c4)c23)c1. The van der Waals surface area contributed by atoms with Crippen LogP contribution in [-0.4, -0.2) is 104 Å². The molecular formula is C37H41FN10O3. The number of aromatic nitrogens is 4. The molecule has 2 aliphatic rings. The number of rotatable bonds is 11. The normalized spacial score (nSPS) is 15.1. The number of likely N-dealkylation sites (N-methyl/N-ethyl adjacent to an activating group) is 1. The van der Waals surface area contributed by atoms with E-state index < -0.39 is 0 Å². The van der Waals surface area contributed by atoms with E-state index in [2.05, 4.69) is 43.2 Å². The maximum atomic E-state index is 15.4. The molecule has 4 heterocycles. The van der Waals surface area contributed by atoms with Crippen molar-refractivity contribution < 1.29 is 18.7 Å². The van der Waals surface area contributed by atoms with Crippen molar-refractivity contribution in [3.63, 3.8) is 0 Å². The van der Waals surface area contributed by atoms with E-state index >= 15 is 4.39 Å². The number of aromatic amines is 1. The van der Waals surface area contributed by atoms with E-state index in [9.17, 15) is 4.79 Å². The van der Waals surface area contributed by atoms with Crippen molar-refractivity contribution >= 4 is 57.1 Å².